The second kappa shape index (κ2) is 3.67. The fourth-order valence-electron chi connectivity index (χ4n) is 2.95. The Morgan fingerprint density at radius 1 is 1.43 bits per heavy atom. The summed E-state index contributed by atoms with van der Waals surface area (Å²) in [6.45, 7) is -0.0108. The maximum atomic E-state index is 11.6. The first-order valence-corrected chi connectivity index (χ1v) is 5.31. The third kappa shape index (κ3) is 1.79. The smallest absolute Gasteiger partial charge is 0.207 e. The minimum Gasteiger partial charge on any atom is -0.299 e. The Hall–Kier alpha value is -0.930. The lowest BCUT2D eigenvalue weighted by atomic mass is 9.66. The number of hydrogen-bond acceptors (Lipinski definition) is 3. The number of fused-ring (bicyclic) bond motifs is 2. The number of ketones is 1. The average molecular weight is 197 g/mol. The van der Waals surface area contributed by atoms with Crippen LogP contribution in [-0.2, 0) is 4.79 Å². The van der Waals surface area contributed by atoms with E-state index in [0.29, 0.717) is 12.3 Å². The van der Waals surface area contributed by atoms with Crippen LogP contribution in [-0.4, -0.2) is 17.3 Å². The van der Waals surface area contributed by atoms with Gasteiger partial charge in [0.15, 0.2) is 0 Å². The van der Waals surface area contributed by atoms with Crippen molar-refractivity contribution in [2.24, 2.45) is 17.8 Å². The highest BCUT2D eigenvalue weighted by Crippen LogP contribution is 2.41. The molecule has 2 rings (SSSR count). The molecule has 2 saturated carbocycles. The summed E-state index contributed by atoms with van der Waals surface area (Å²) in [6.07, 6.45) is 4.55. The lowest BCUT2D eigenvalue weighted by Crippen LogP contribution is -2.38. The summed E-state index contributed by atoms with van der Waals surface area (Å²) in [5, 5.41) is 10.4. The Morgan fingerprint density at radius 2 is 2.21 bits per heavy atom. The first-order chi connectivity index (χ1) is 6.66. The molecule has 0 heterocycles. The molecule has 0 spiro atoms. The van der Waals surface area contributed by atoms with Crippen LogP contribution in [0.25, 0.3) is 0 Å². The maximum absolute atomic E-state index is 11.6. The van der Waals surface area contributed by atoms with E-state index in [1.54, 1.807) is 0 Å². The number of Topliss-reactive ketones (excluding diaryl/α,β-unsaturated/α-hetero) is 1. The van der Waals surface area contributed by atoms with E-state index < -0.39 is 0 Å². The van der Waals surface area contributed by atoms with Crippen LogP contribution in [0.4, 0.5) is 0 Å². The van der Waals surface area contributed by atoms with Crippen LogP contribution in [0, 0.1) is 27.9 Å². The molecule has 0 N–H and O–H groups in total. The summed E-state index contributed by atoms with van der Waals surface area (Å²) in [7, 11) is 0. The summed E-state index contributed by atoms with van der Waals surface area (Å²) < 4.78 is 0. The van der Waals surface area contributed by atoms with Gasteiger partial charge in [-0.25, -0.2) is 0 Å². The number of carbonyl (C=O) groups is 1. The molecular formula is C10H15NO3. The van der Waals surface area contributed by atoms with Gasteiger partial charge in [0.2, 0.25) is 6.54 Å². The van der Waals surface area contributed by atoms with Gasteiger partial charge in [0.05, 0.1) is 0 Å². The molecule has 0 aliphatic heterocycles. The van der Waals surface area contributed by atoms with Gasteiger partial charge in [-0.2, -0.15) is 0 Å². The van der Waals surface area contributed by atoms with Crippen molar-refractivity contribution >= 4 is 5.78 Å². The molecule has 2 aliphatic rings. The van der Waals surface area contributed by atoms with Crippen LogP contribution in [0.3, 0.4) is 0 Å². The van der Waals surface area contributed by atoms with Crippen LogP contribution < -0.4 is 0 Å². The summed E-state index contributed by atoms with van der Waals surface area (Å²) in [5.41, 5.74) is 0. The van der Waals surface area contributed by atoms with Crippen molar-refractivity contribution in [3.8, 4) is 0 Å². The fraction of sp³-hybridized carbons (Fsp3) is 0.900. The van der Waals surface area contributed by atoms with Gasteiger partial charge in [-0.3, -0.25) is 14.9 Å². The van der Waals surface area contributed by atoms with Crippen molar-refractivity contribution in [2.75, 3.05) is 6.54 Å². The molecule has 2 fully saturated rings. The predicted molar refractivity (Wildman–Crippen MR) is 50.4 cm³/mol. The zero-order chi connectivity index (χ0) is 10.1. The summed E-state index contributed by atoms with van der Waals surface area (Å²) >= 11 is 0. The molecule has 0 aromatic heterocycles. The molecule has 0 aromatic carbocycles. The fourth-order valence-corrected chi connectivity index (χ4v) is 2.95. The minimum atomic E-state index is -0.271. The van der Waals surface area contributed by atoms with Gasteiger partial charge in [0, 0.05) is 23.2 Å². The third-order valence-corrected chi connectivity index (χ3v) is 3.68. The summed E-state index contributed by atoms with van der Waals surface area (Å²) in [4.78, 5) is 21.7. The second-order valence-corrected chi connectivity index (χ2v) is 4.57. The van der Waals surface area contributed by atoms with Crippen LogP contribution in [0.15, 0.2) is 0 Å². The van der Waals surface area contributed by atoms with Crippen LogP contribution in [0.5, 0.6) is 0 Å². The SMILES string of the molecule is O=C1C[C@@H](C[N+](=O)[O-])[C@H]2CCC[C@H]1C2. The molecule has 0 radical (unpaired) electrons. The molecule has 14 heavy (non-hydrogen) atoms. The number of carbonyl (C=O) groups excluding carboxylic acids is 1. The molecule has 0 unspecified atom stereocenters. The molecule has 0 amide bonds. The van der Waals surface area contributed by atoms with E-state index in [9.17, 15) is 14.9 Å². The van der Waals surface area contributed by atoms with Crippen LogP contribution in [0.1, 0.15) is 32.1 Å². The van der Waals surface area contributed by atoms with Gasteiger partial charge in [-0.05, 0) is 25.2 Å². The summed E-state index contributed by atoms with van der Waals surface area (Å²) in [6, 6.07) is 0. The lowest BCUT2D eigenvalue weighted by Gasteiger charge is -2.37. The Labute approximate surface area is 82.8 Å². The van der Waals surface area contributed by atoms with Gasteiger partial charge in [0.1, 0.15) is 5.78 Å². The maximum Gasteiger partial charge on any atom is 0.207 e. The van der Waals surface area contributed by atoms with E-state index >= 15 is 0 Å². The molecule has 2 aliphatic carbocycles. The van der Waals surface area contributed by atoms with E-state index in [1.165, 1.54) is 0 Å². The van der Waals surface area contributed by atoms with E-state index in [2.05, 4.69) is 0 Å². The number of rotatable bonds is 2. The average Bonchev–Trinajstić information content (AvgIpc) is 2.14. The Balaban J connectivity index is 2.04. The van der Waals surface area contributed by atoms with Crippen molar-refractivity contribution in [1.29, 1.82) is 0 Å². The monoisotopic (exact) mass is 197 g/mol. The van der Waals surface area contributed by atoms with E-state index in [-0.39, 0.29) is 29.1 Å². The largest absolute Gasteiger partial charge is 0.299 e. The number of nitrogens with zero attached hydrogens (tertiary/aromatic N) is 1. The quantitative estimate of drug-likeness (QED) is 0.499. The normalized spacial score (nSPS) is 36.9. The molecule has 78 valence electrons. The molecule has 2 bridgehead atoms. The zero-order valence-electron chi connectivity index (χ0n) is 8.15. The Morgan fingerprint density at radius 3 is 2.93 bits per heavy atom. The summed E-state index contributed by atoms with van der Waals surface area (Å²) in [5.74, 6) is 0.968. The molecule has 0 saturated heterocycles. The first-order valence-electron chi connectivity index (χ1n) is 5.31. The minimum absolute atomic E-state index is 0.0108. The number of nitro groups is 1. The van der Waals surface area contributed by atoms with Crippen molar-refractivity contribution in [1.82, 2.24) is 0 Å². The molecule has 3 atom stereocenters. The van der Waals surface area contributed by atoms with Gasteiger partial charge in [-0.15, -0.1) is 0 Å². The number of hydrogen-bond donors (Lipinski definition) is 0. The van der Waals surface area contributed by atoms with Gasteiger partial charge in [-0.1, -0.05) is 6.42 Å². The van der Waals surface area contributed by atoms with Gasteiger partial charge >= 0.3 is 0 Å². The third-order valence-electron chi connectivity index (χ3n) is 3.68. The highest BCUT2D eigenvalue weighted by Gasteiger charge is 2.40. The first kappa shape index (κ1) is 9.62. The Kier molecular flexibility index (Phi) is 2.52. The highest BCUT2D eigenvalue weighted by molar-refractivity contribution is 5.82. The molecule has 4 heteroatoms. The van der Waals surface area contributed by atoms with Gasteiger partial charge in [0.25, 0.3) is 0 Å². The molecule has 0 aromatic rings. The zero-order valence-corrected chi connectivity index (χ0v) is 8.15. The van der Waals surface area contributed by atoms with Crippen molar-refractivity contribution in [3.63, 3.8) is 0 Å². The van der Waals surface area contributed by atoms with E-state index in [0.717, 1.165) is 25.7 Å². The molecular weight excluding hydrogens is 182 g/mol. The highest BCUT2D eigenvalue weighted by atomic mass is 16.6. The van der Waals surface area contributed by atoms with E-state index in [4.69, 9.17) is 0 Å². The lowest BCUT2D eigenvalue weighted by molar-refractivity contribution is -0.490. The van der Waals surface area contributed by atoms with Crippen LogP contribution in [0.2, 0.25) is 0 Å². The standard InChI is InChI=1S/C10H15NO3/c12-10-5-9(6-11(13)14)7-2-1-3-8(10)4-7/h7-9H,1-6H2/t7-,8-,9-/m0/s1. The van der Waals surface area contributed by atoms with Crippen molar-refractivity contribution in [3.05, 3.63) is 10.1 Å². The molecule has 4 nitrogen and oxygen atoms in total. The van der Waals surface area contributed by atoms with Crippen molar-refractivity contribution in [2.45, 2.75) is 32.1 Å². The Bertz CT molecular complexity index is 264. The van der Waals surface area contributed by atoms with Gasteiger partial charge < -0.3 is 0 Å². The second-order valence-electron chi connectivity index (χ2n) is 4.57. The predicted octanol–water partition coefficient (Wildman–Crippen LogP) is 1.66. The van der Waals surface area contributed by atoms with Crippen LogP contribution >= 0.6 is 0 Å². The van der Waals surface area contributed by atoms with Crippen molar-refractivity contribution < 1.29 is 9.72 Å². The topological polar surface area (TPSA) is 60.2 Å². The van der Waals surface area contributed by atoms with E-state index in [1.807, 2.05) is 0 Å².